The van der Waals surface area contributed by atoms with Crippen LogP contribution in [0, 0.1) is 46.3 Å². The lowest BCUT2D eigenvalue weighted by Gasteiger charge is -2.56. The third kappa shape index (κ3) is 14.3. The maximum atomic E-state index is 14.2. The highest BCUT2D eigenvalue weighted by atomic mass is 31.2. The predicted molar refractivity (Wildman–Crippen MR) is 300 cm³/mol. The van der Waals surface area contributed by atoms with Crippen LogP contribution in [0.1, 0.15) is 109 Å². The van der Waals surface area contributed by atoms with E-state index in [-0.39, 0.29) is 103 Å². The van der Waals surface area contributed by atoms with Gasteiger partial charge in [0.2, 0.25) is 11.8 Å². The van der Waals surface area contributed by atoms with Gasteiger partial charge in [0.25, 0.3) is 0 Å². The van der Waals surface area contributed by atoms with E-state index in [1.54, 1.807) is 6.92 Å². The fourth-order valence-corrected chi connectivity index (χ4v) is 18.1. The first-order valence-corrected chi connectivity index (χ1v) is 33.0. The number of hydrogen-bond donors (Lipinski definition) is 7. The second-order valence-corrected chi connectivity index (χ2v) is 27.9. The highest BCUT2D eigenvalue weighted by molar-refractivity contribution is 7.47. The molecule has 0 radical (unpaired) electrons. The van der Waals surface area contributed by atoms with Crippen LogP contribution in [0.15, 0.2) is 25.3 Å². The van der Waals surface area contributed by atoms with Crippen LogP contribution < -0.4 is 22.1 Å². The van der Waals surface area contributed by atoms with Crippen LogP contribution in [0.2, 0.25) is 0 Å². The Kier molecular flexibility index (Phi) is 18.8. The number of rotatable bonds is 31. The fourth-order valence-electron chi connectivity index (χ4n) is 16.5. The molecule has 4 aromatic heterocycles. The van der Waals surface area contributed by atoms with E-state index in [0.29, 0.717) is 25.9 Å². The predicted octanol–water partition coefficient (Wildman–Crippen LogP) is 3.82. The lowest BCUT2D eigenvalue weighted by Crippen LogP contribution is -2.48. The molecule has 2 aliphatic heterocycles. The maximum absolute atomic E-state index is 14.2. The van der Waals surface area contributed by atoms with Gasteiger partial charge in [0.05, 0.1) is 65.0 Å². The van der Waals surface area contributed by atoms with E-state index in [1.807, 2.05) is 0 Å². The molecular weight excluding hydrogens is 1170 g/mol. The number of carbonyl (C=O) groups is 2. The Hall–Kier alpha value is -4.46. The zero-order chi connectivity index (χ0) is 59.8. The Morgan fingerprint density at radius 1 is 0.593 bits per heavy atom. The van der Waals surface area contributed by atoms with Crippen molar-refractivity contribution in [3.8, 4) is 0 Å². The van der Waals surface area contributed by atoms with Crippen molar-refractivity contribution in [3.63, 3.8) is 0 Å². The monoisotopic (exact) mass is 1250 g/mol. The second-order valence-electron chi connectivity index (χ2n) is 25.3. The van der Waals surface area contributed by atoms with Crippen LogP contribution in [-0.4, -0.2) is 175 Å². The summed E-state index contributed by atoms with van der Waals surface area (Å²) in [6.07, 6.45) is 10.5. The largest absolute Gasteiger partial charge is 0.472 e. The number of aromatic nitrogens is 8. The molecule has 4 aromatic rings. The van der Waals surface area contributed by atoms with E-state index >= 15 is 0 Å². The van der Waals surface area contributed by atoms with Crippen LogP contribution in [0.5, 0.6) is 0 Å². The molecule has 10 fully saturated rings. The summed E-state index contributed by atoms with van der Waals surface area (Å²) in [5.74, 6) is 4.80. The number of carbonyl (C=O) groups excluding carboxylic acids is 2. The summed E-state index contributed by atoms with van der Waals surface area (Å²) in [4.78, 5) is 83.2. The molecular formula is C54H80N12O18P2. The summed E-state index contributed by atoms with van der Waals surface area (Å²) in [5.41, 5.74) is 13.3. The van der Waals surface area contributed by atoms with E-state index in [9.17, 15) is 33.4 Å². The number of nitrogens with zero attached hydrogens (tertiary/aromatic N) is 8. The number of imidazole rings is 2. The summed E-state index contributed by atoms with van der Waals surface area (Å²) >= 11 is 0. The molecule has 0 aromatic carbocycles. The average molecular weight is 1250 g/mol. The van der Waals surface area contributed by atoms with Gasteiger partial charge < -0.3 is 74.7 Å². The van der Waals surface area contributed by atoms with Crippen molar-refractivity contribution < 1.29 is 84.9 Å². The highest BCUT2D eigenvalue weighted by Crippen LogP contribution is 2.63. The molecule has 9 N–H and O–H groups in total. The van der Waals surface area contributed by atoms with Crippen LogP contribution in [0.25, 0.3) is 22.3 Å². The van der Waals surface area contributed by atoms with E-state index < -0.39 is 78.1 Å². The smallest absolute Gasteiger partial charge is 0.382 e. The van der Waals surface area contributed by atoms with Gasteiger partial charge in [-0.25, -0.2) is 39.0 Å². The minimum atomic E-state index is -5.36. The number of nitrogens with two attached hydrogens (primary N) is 2. The summed E-state index contributed by atoms with van der Waals surface area (Å²) in [5, 5.41) is 6.04. The van der Waals surface area contributed by atoms with Crippen molar-refractivity contribution in [1.29, 1.82) is 0 Å². The molecule has 6 heterocycles. The van der Waals surface area contributed by atoms with E-state index in [1.165, 1.54) is 73.0 Å². The molecule has 30 nitrogen and oxygen atoms in total. The Morgan fingerprint density at radius 2 is 1.02 bits per heavy atom. The van der Waals surface area contributed by atoms with Crippen molar-refractivity contribution in [1.82, 2.24) is 49.7 Å². The molecule has 8 saturated carbocycles. The lowest BCUT2D eigenvalue weighted by atomic mass is 9.49. The third-order valence-corrected chi connectivity index (χ3v) is 20.4. The van der Waals surface area contributed by atoms with Gasteiger partial charge in [-0.15, -0.1) is 0 Å². The number of anilines is 2. The highest BCUT2D eigenvalue weighted by Gasteiger charge is 2.55. The van der Waals surface area contributed by atoms with Crippen molar-refractivity contribution in [2.24, 2.45) is 46.3 Å². The van der Waals surface area contributed by atoms with Crippen molar-refractivity contribution in [3.05, 3.63) is 25.3 Å². The number of phosphoric acid groups is 2. The first-order chi connectivity index (χ1) is 41.4. The van der Waals surface area contributed by atoms with Crippen molar-refractivity contribution in [2.75, 3.05) is 84.4 Å². The average Bonchev–Trinajstić information content (AvgIpc) is 1.10. The van der Waals surface area contributed by atoms with Crippen LogP contribution in [0.3, 0.4) is 0 Å². The Bertz CT molecular complexity index is 3050. The number of amides is 2. The van der Waals surface area contributed by atoms with Gasteiger partial charge in [0.1, 0.15) is 67.8 Å². The maximum Gasteiger partial charge on any atom is 0.472 e. The SMILES string of the molecule is C[C@H]1O[C@@H](n2cnc3c(N)ncnc32)C(OCOCCOCCNC(=O)CC23CC4CC(CC(C4)C2)C3)[C@H]1OP(=O)(O)OC[C@H]1O[C@@H](n2cnc3c(N)ncnc32)C(OCOCCOCCNC(=O)CC23CC4CC(CC(C4)C2)C3)[C@H]1OP(=O)(O)O. The standard InChI is InChI=1S/C54H80N12O18P2/c1-31-43(45(51(81-31)65-27-63-41-47(55)59-25-61-49(41)65)78-29-76-8-6-74-4-2-57-39(67)22-53-16-32-10-33(17-53)12-34(11-32)18-53)84-86(72,73)80-24-38-44(83-85(69,70)71)46(52(82-38)66-28-64-42-48(56)60-26-62-50(42)66)79-30-77-9-7-75-5-3-58-40(68)23-54-19-35-13-36(20-54)15-37(14-35)21-54/h25-28,31-38,43-46,51-52H,2-24,29-30H2,1H3,(H,57,67)(H,58,68)(H,72,73)(H2,55,59,61)(H2,56,60,62)(H2,69,70,71)/t31-,32?,33?,34?,35?,36?,37?,38-,43+,44+,45?,46?,51-,52-,53?,54?/m1/s1. The molecule has 86 heavy (non-hydrogen) atoms. The summed E-state index contributed by atoms with van der Waals surface area (Å²) in [6, 6.07) is 0. The van der Waals surface area contributed by atoms with E-state index in [2.05, 4.69) is 40.5 Å². The first kappa shape index (κ1) is 61.8. The van der Waals surface area contributed by atoms with Crippen LogP contribution >= 0.6 is 15.6 Å². The Labute approximate surface area is 496 Å². The lowest BCUT2D eigenvalue weighted by molar-refractivity contribution is -0.143. The van der Waals surface area contributed by atoms with Gasteiger partial charge in [-0.2, -0.15) is 0 Å². The summed E-state index contributed by atoms with van der Waals surface area (Å²) < 4.78 is 94.3. The zero-order valence-corrected chi connectivity index (χ0v) is 50.0. The van der Waals surface area contributed by atoms with E-state index in [4.69, 9.17) is 62.9 Å². The summed E-state index contributed by atoms with van der Waals surface area (Å²) in [7, 11) is -10.6. The number of phosphoric ester groups is 2. The Balaban J connectivity index is 0.645. The second kappa shape index (κ2) is 26.2. The molecule has 3 unspecified atom stereocenters. The number of hydrogen-bond acceptors (Lipinski definition) is 23. The van der Waals surface area contributed by atoms with Gasteiger partial charge in [-0.05, 0) is 130 Å². The van der Waals surface area contributed by atoms with Gasteiger partial charge in [-0.3, -0.25) is 32.3 Å². The van der Waals surface area contributed by atoms with Crippen molar-refractivity contribution >= 4 is 61.4 Å². The van der Waals surface area contributed by atoms with Crippen molar-refractivity contribution in [2.45, 2.75) is 146 Å². The molecule has 0 spiro atoms. The number of nitrogens with one attached hydrogen (secondary N) is 2. The molecule has 2 amide bonds. The molecule has 14 rings (SSSR count). The molecule has 9 atom stereocenters. The zero-order valence-electron chi connectivity index (χ0n) is 48.2. The normalized spacial score (nSPS) is 34.2. The van der Waals surface area contributed by atoms with Gasteiger partial charge in [0.15, 0.2) is 35.4 Å². The number of fused-ring (bicyclic) bond motifs is 2. The first-order valence-electron chi connectivity index (χ1n) is 30.0. The minimum absolute atomic E-state index is 0.0240. The summed E-state index contributed by atoms with van der Waals surface area (Å²) in [6.45, 7) is 1.51. The molecule has 8 bridgehead atoms. The third-order valence-electron chi connectivity index (χ3n) is 18.9. The quantitative estimate of drug-likeness (QED) is 0.0214. The molecule has 474 valence electrons. The minimum Gasteiger partial charge on any atom is -0.382 e. The molecule has 8 aliphatic carbocycles. The Morgan fingerprint density at radius 3 is 1.48 bits per heavy atom. The van der Waals surface area contributed by atoms with Crippen LogP contribution in [-0.2, 0) is 70.2 Å². The number of nitrogen functional groups attached to an aromatic ring is 2. The molecule has 2 saturated heterocycles. The molecule has 32 heteroatoms. The molecule has 10 aliphatic rings. The van der Waals surface area contributed by atoms with Gasteiger partial charge >= 0.3 is 15.6 Å². The van der Waals surface area contributed by atoms with Gasteiger partial charge in [-0.1, -0.05) is 0 Å². The van der Waals surface area contributed by atoms with Crippen LogP contribution in [0.4, 0.5) is 11.6 Å². The van der Waals surface area contributed by atoms with E-state index in [0.717, 1.165) is 74.0 Å². The van der Waals surface area contributed by atoms with Gasteiger partial charge in [0, 0.05) is 25.9 Å². The topological polar surface area (TPSA) is 394 Å². The fraction of sp³-hybridized carbons (Fsp3) is 0.778. The number of ether oxygens (including phenoxy) is 8.